The van der Waals surface area contributed by atoms with Crippen LogP contribution in [0.5, 0.6) is 0 Å². The first-order chi connectivity index (χ1) is 7.67. The summed E-state index contributed by atoms with van der Waals surface area (Å²) in [6.07, 6.45) is 2.77. The van der Waals surface area contributed by atoms with Crippen LogP contribution in [-0.2, 0) is 4.79 Å². The van der Waals surface area contributed by atoms with E-state index < -0.39 is 5.97 Å². The summed E-state index contributed by atoms with van der Waals surface area (Å²) >= 11 is 0. The SMILES string of the molecule is CCCC(=CC(=O)O)c1cccc(C#N)c1. The monoisotopic (exact) mass is 215 g/mol. The Morgan fingerprint density at radius 1 is 1.56 bits per heavy atom. The molecule has 3 nitrogen and oxygen atoms in total. The Hall–Kier alpha value is -2.08. The number of allylic oxidation sites excluding steroid dienone is 1. The van der Waals surface area contributed by atoms with E-state index in [1.54, 1.807) is 18.2 Å². The maximum atomic E-state index is 10.7. The minimum absolute atomic E-state index is 0.546. The molecular weight excluding hydrogens is 202 g/mol. The molecule has 0 unspecified atom stereocenters. The van der Waals surface area contributed by atoms with E-state index in [9.17, 15) is 4.79 Å². The summed E-state index contributed by atoms with van der Waals surface area (Å²) in [6.45, 7) is 1.99. The minimum Gasteiger partial charge on any atom is -0.478 e. The fraction of sp³-hybridized carbons (Fsp3) is 0.231. The predicted octanol–water partition coefficient (Wildman–Crippen LogP) is 2.83. The van der Waals surface area contributed by atoms with Gasteiger partial charge in [0.1, 0.15) is 0 Å². The van der Waals surface area contributed by atoms with Gasteiger partial charge in [-0.3, -0.25) is 0 Å². The van der Waals surface area contributed by atoms with Crippen molar-refractivity contribution in [1.29, 1.82) is 5.26 Å². The standard InChI is InChI=1S/C13H13NO2/c1-2-4-11(8-13(15)16)12-6-3-5-10(7-12)9-14/h3,5-8H,2,4H2,1H3,(H,15,16). The summed E-state index contributed by atoms with van der Waals surface area (Å²) in [5.41, 5.74) is 2.11. The first-order valence-electron chi connectivity index (χ1n) is 5.11. The fourth-order valence-corrected chi connectivity index (χ4v) is 1.51. The molecule has 0 radical (unpaired) electrons. The highest BCUT2D eigenvalue weighted by Gasteiger charge is 2.04. The van der Waals surface area contributed by atoms with Crippen LogP contribution >= 0.6 is 0 Å². The normalized spacial score (nSPS) is 10.9. The molecule has 0 heterocycles. The van der Waals surface area contributed by atoms with Gasteiger partial charge in [0, 0.05) is 6.08 Å². The third kappa shape index (κ3) is 3.25. The lowest BCUT2D eigenvalue weighted by molar-refractivity contribution is -0.131. The van der Waals surface area contributed by atoms with E-state index >= 15 is 0 Å². The van der Waals surface area contributed by atoms with E-state index in [2.05, 4.69) is 0 Å². The van der Waals surface area contributed by atoms with Crippen LogP contribution in [-0.4, -0.2) is 11.1 Å². The highest BCUT2D eigenvalue weighted by atomic mass is 16.4. The van der Waals surface area contributed by atoms with Crippen molar-refractivity contribution in [2.24, 2.45) is 0 Å². The van der Waals surface area contributed by atoms with Crippen molar-refractivity contribution in [2.45, 2.75) is 19.8 Å². The van der Waals surface area contributed by atoms with Gasteiger partial charge in [-0.15, -0.1) is 0 Å². The molecule has 0 saturated carbocycles. The molecule has 1 rings (SSSR count). The number of hydrogen-bond acceptors (Lipinski definition) is 2. The average Bonchev–Trinajstić information content (AvgIpc) is 2.28. The van der Waals surface area contributed by atoms with E-state index in [1.165, 1.54) is 6.08 Å². The van der Waals surface area contributed by atoms with Crippen LogP contribution in [0.2, 0.25) is 0 Å². The highest BCUT2D eigenvalue weighted by molar-refractivity contribution is 5.90. The van der Waals surface area contributed by atoms with Crippen molar-refractivity contribution < 1.29 is 9.90 Å². The second-order valence-corrected chi connectivity index (χ2v) is 3.45. The molecule has 0 saturated heterocycles. The molecule has 3 heteroatoms. The molecule has 0 aliphatic carbocycles. The molecule has 1 N–H and O–H groups in total. The molecule has 0 bridgehead atoms. The van der Waals surface area contributed by atoms with Gasteiger partial charge in [0.15, 0.2) is 0 Å². The number of nitrogens with zero attached hydrogens (tertiary/aromatic N) is 1. The second-order valence-electron chi connectivity index (χ2n) is 3.45. The molecule has 82 valence electrons. The second kappa shape index (κ2) is 5.72. The lowest BCUT2D eigenvalue weighted by Crippen LogP contribution is -1.93. The summed E-state index contributed by atoms with van der Waals surface area (Å²) in [5.74, 6) is -0.953. The minimum atomic E-state index is -0.953. The van der Waals surface area contributed by atoms with E-state index in [-0.39, 0.29) is 0 Å². The number of carboxylic acids is 1. The van der Waals surface area contributed by atoms with Crippen LogP contribution in [0.4, 0.5) is 0 Å². The number of nitriles is 1. The number of aliphatic carboxylic acids is 1. The lowest BCUT2D eigenvalue weighted by atomic mass is 9.99. The molecule has 1 aromatic carbocycles. The van der Waals surface area contributed by atoms with Crippen molar-refractivity contribution in [3.63, 3.8) is 0 Å². The smallest absolute Gasteiger partial charge is 0.328 e. The van der Waals surface area contributed by atoms with Crippen molar-refractivity contribution in [2.75, 3.05) is 0 Å². The number of rotatable bonds is 4. The summed E-state index contributed by atoms with van der Waals surface area (Å²) < 4.78 is 0. The van der Waals surface area contributed by atoms with Gasteiger partial charge in [-0.25, -0.2) is 4.79 Å². The van der Waals surface area contributed by atoms with Crippen LogP contribution < -0.4 is 0 Å². The van der Waals surface area contributed by atoms with E-state index in [0.29, 0.717) is 12.0 Å². The fourth-order valence-electron chi connectivity index (χ4n) is 1.51. The third-order valence-electron chi connectivity index (χ3n) is 2.18. The largest absolute Gasteiger partial charge is 0.478 e. The van der Waals surface area contributed by atoms with Crippen LogP contribution in [0.15, 0.2) is 30.3 Å². The van der Waals surface area contributed by atoms with Crippen LogP contribution in [0.25, 0.3) is 5.57 Å². The Morgan fingerprint density at radius 3 is 2.88 bits per heavy atom. The molecule has 0 fully saturated rings. The lowest BCUT2D eigenvalue weighted by Gasteiger charge is -2.05. The molecular formula is C13H13NO2. The van der Waals surface area contributed by atoms with Gasteiger partial charge in [-0.1, -0.05) is 25.5 Å². The van der Waals surface area contributed by atoms with Crippen molar-refractivity contribution in [1.82, 2.24) is 0 Å². The Labute approximate surface area is 94.6 Å². The Kier molecular flexibility index (Phi) is 4.28. The van der Waals surface area contributed by atoms with Gasteiger partial charge in [-0.05, 0) is 29.7 Å². The zero-order valence-electron chi connectivity index (χ0n) is 9.10. The topological polar surface area (TPSA) is 61.1 Å². The maximum absolute atomic E-state index is 10.7. The molecule has 0 aliphatic rings. The Morgan fingerprint density at radius 2 is 2.31 bits per heavy atom. The summed E-state index contributed by atoms with van der Waals surface area (Å²) in [6, 6.07) is 9.05. The van der Waals surface area contributed by atoms with E-state index in [0.717, 1.165) is 17.6 Å². The molecule has 1 aromatic rings. The summed E-state index contributed by atoms with van der Waals surface area (Å²) in [7, 11) is 0. The van der Waals surface area contributed by atoms with Crippen LogP contribution in [0.3, 0.4) is 0 Å². The van der Waals surface area contributed by atoms with Crippen LogP contribution in [0.1, 0.15) is 30.9 Å². The molecule has 16 heavy (non-hydrogen) atoms. The number of benzene rings is 1. The number of carbonyl (C=O) groups is 1. The van der Waals surface area contributed by atoms with Crippen molar-refractivity contribution in [3.8, 4) is 6.07 Å². The molecule has 0 aromatic heterocycles. The van der Waals surface area contributed by atoms with E-state index in [1.807, 2.05) is 19.1 Å². The quantitative estimate of drug-likeness (QED) is 0.785. The zero-order chi connectivity index (χ0) is 12.0. The highest BCUT2D eigenvalue weighted by Crippen LogP contribution is 2.20. The van der Waals surface area contributed by atoms with Gasteiger partial charge >= 0.3 is 5.97 Å². The molecule has 0 atom stereocenters. The van der Waals surface area contributed by atoms with E-state index in [4.69, 9.17) is 10.4 Å². The van der Waals surface area contributed by atoms with Gasteiger partial charge in [0.25, 0.3) is 0 Å². The van der Waals surface area contributed by atoms with Gasteiger partial charge in [-0.2, -0.15) is 5.26 Å². The number of carboxylic acid groups (broad SMARTS) is 1. The number of hydrogen-bond donors (Lipinski definition) is 1. The first-order valence-corrected chi connectivity index (χ1v) is 5.11. The summed E-state index contributed by atoms with van der Waals surface area (Å²) in [5, 5.41) is 17.5. The first kappa shape index (κ1) is 12.0. The third-order valence-corrected chi connectivity index (χ3v) is 2.18. The van der Waals surface area contributed by atoms with Crippen LogP contribution in [0, 0.1) is 11.3 Å². The molecule has 0 amide bonds. The molecule has 0 spiro atoms. The maximum Gasteiger partial charge on any atom is 0.328 e. The molecule has 0 aliphatic heterocycles. The van der Waals surface area contributed by atoms with Crippen molar-refractivity contribution >= 4 is 11.5 Å². The van der Waals surface area contributed by atoms with Gasteiger partial charge < -0.3 is 5.11 Å². The van der Waals surface area contributed by atoms with Gasteiger partial charge in [0.2, 0.25) is 0 Å². The van der Waals surface area contributed by atoms with Crippen molar-refractivity contribution in [3.05, 3.63) is 41.5 Å². The summed E-state index contributed by atoms with van der Waals surface area (Å²) in [4.78, 5) is 10.7. The average molecular weight is 215 g/mol. The Bertz CT molecular complexity index is 455. The Balaban J connectivity index is 3.11. The zero-order valence-corrected chi connectivity index (χ0v) is 9.10. The predicted molar refractivity (Wildman–Crippen MR) is 61.7 cm³/mol. The van der Waals surface area contributed by atoms with Gasteiger partial charge in [0.05, 0.1) is 11.6 Å².